The molecule has 20 heavy (non-hydrogen) atoms. The standard InChI is InChI=1S/C15H19BrClFN2/c1-3-5-10(4-2)20-14-8-11(16)12(18)9-13(14)19-15(20)6-7-17/h8-10H,3-7H2,1-2H3. The van der Waals surface area contributed by atoms with E-state index in [9.17, 15) is 4.39 Å². The molecule has 0 aliphatic carbocycles. The molecule has 0 aliphatic rings. The van der Waals surface area contributed by atoms with Crippen molar-refractivity contribution in [3.8, 4) is 0 Å². The van der Waals surface area contributed by atoms with E-state index in [1.54, 1.807) is 0 Å². The molecular weight excluding hydrogens is 343 g/mol. The third kappa shape index (κ3) is 3.01. The first-order valence-corrected chi connectivity index (χ1v) is 8.36. The van der Waals surface area contributed by atoms with E-state index in [1.165, 1.54) is 6.07 Å². The maximum atomic E-state index is 13.7. The van der Waals surface area contributed by atoms with E-state index >= 15 is 0 Å². The molecule has 0 bridgehead atoms. The Labute approximate surface area is 132 Å². The van der Waals surface area contributed by atoms with Gasteiger partial charge in [0, 0.05) is 24.4 Å². The molecule has 2 aromatic rings. The number of hydrogen-bond donors (Lipinski definition) is 0. The van der Waals surface area contributed by atoms with Crippen molar-refractivity contribution in [3.05, 3.63) is 28.2 Å². The van der Waals surface area contributed by atoms with Gasteiger partial charge in [-0.1, -0.05) is 20.3 Å². The summed E-state index contributed by atoms with van der Waals surface area (Å²) >= 11 is 9.15. The highest BCUT2D eigenvalue weighted by molar-refractivity contribution is 9.10. The second-order valence-corrected chi connectivity index (χ2v) is 6.18. The molecule has 1 aromatic carbocycles. The fourth-order valence-electron chi connectivity index (χ4n) is 2.66. The molecule has 0 N–H and O–H groups in total. The number of imidazole rings is 1. The van der Waals surface area contributed by atoms with Crippen LogP contribution >= 0.6 is 27.5 Å². The molecule has 1 unspecified atom stereocenters. The molecule has 1 heterocycles. The molecule has 5 heteroatoms. The summed E-state index contributed by atoms with van der Waals surface area (Å²) < 4.78 is 16.4. The number of alkyl halides is 1. The summed E-state index contributed by atoms with van der Waals surface area (Å²) in [4.78, 5) is 4.57. The molecule has 110 valence electrons. The molecule has 0 aliphatic heterocycles. The summed E-state index contributed by atoms with van der Waals surface area (Å²) in [6, 6.07) is 3.71. The lowest BCUT2D eigenvalue weighted by Crippen LogP contribution is -2.12. The first kappa shape index (κ1) is 15.8. The van der Waals surface area contributed by atoms with Crippen LogP contribution in [0.25, 0.3) is 11.0 Å². The van der Waals surface area contributed by atoms with Gasteiger partial charge in [0.05, 0.1) is 15.5 Å². The van der Waals surface area contributed by atoms with Gasteiger partial charge in [-0.2, -0.15) is 0 Å². The van der Waals surface area contributed by atoms with E-state index in [-0.39, 0.29) is 5.82 Å². The minimum atomic E-state index is -0.275. The van der Waals surface area contributed by atoms with E-state index in [1.807, 2.05) is 6.07 Å². The maximum Gasteiger partial charge on any atom is 0.139 e. The van der Waals surface area contributed by atoms with Crippen molar-refractivity contribution >= 4 is 38.6 Å². The third-order valence-corrected chi connectivity index (χ3v) is 4.38. The van der Waals surface area contributed by atoms with Gasteiger partial charge in [-0.3, -0.25) is 0 Å². The Kier molecular flexibility index (Phi) is 5.44. The molecule has 0 saturated carbocycles. The normalized spacial score (nSPS) is 13.1. The van der Waals surface area contributed by atoms with Crippen molar-refractivity contribution in [1.29, 1.82) is 0 Å². The number of aromatic nitrogens is 2. The molecule has 0 fully saturated rings. The topological polar surface area (TPSA) is 17.8 Å². The van der Waals surface area contributed by atoms with Gasteiger partial charge in [-0.05, 0) is 34.8 Å². The molecule has 2 rings (SSSR count). The zero-order chi connectivity index (χ0) is 14.7. The molecule has 1 aromatic heterocycles. The Hall–Kier alpha value is -0.610. The van der Waals surface area contributed by atoms with Crippen molar-refractivity contribution < 1.29 is 4.39 Å². The van der Waals surface area contributed by atoms with E-state index in [0.717, 1.165) is 30.6 Å². The first-order valence-electron chi connectivity index (χ1n) is 7.04. The van der Waals surface area contributed by atoms with Gasteiger partial charge in [0.15, 0.2) is 0 Å². The lowest BCUT2D eigenvalue weighted by molar-refractivity contribution is 0.445. The average molecular weight is 362 g/mol. The second kappa shape index (κ2) is 6.90. The van der Waals surface area contributed by atoms with Gasteiger partial charge in [0.2, 0.25) is 0 Å². The van der Waals surface area contributed by atoms with Crippen molar-refractivity contribution in [2.24, 2.45) is 0 Å². The number of aryl methyl sites for hydroxylation is 1. The van der Waals surface area contributed by atoms with E-state index < -0.39 is 0 Å². The predicted octanol–water partition coefficient (Wildman–Crippen LogP) is 5.47. The quantitative estimate of drug-likeness (QED) is 0.624. The largest absolute Gasteiger partial charge is 0.325 e. The van der Waals surface area contributed by atoms with Crippen molar-refractivity contribution in [2.45, 2.75) is 45.6 Å². The van der Waals surface area contributed by atoms with Gasteiger partial charge in [-0.25, -0.2) is 9.37 Å². The minimum absolute atomic E-state index is 0.275. The highest BCUT2D eigenvalue weighted by Crippen LogP contribution is 2.30. The molecule has 2 nitrogen and oxygen atoms in total. The van der Waals surface area contributed by atoms with Gasteiger partial charge in [0.25, 0.3) is 0 Å². The van der Waals surface area contributed by atoms with Crippen LogP contribution in [0.4, 0.5) is 4.39 Å². The third-order valence-electron chi connectivity index (χ3n) is 3.58. The first-order chi connectivity index (χ1) is 9.62. The van der Waals surface area contributed by atoms with Crippen LogP contribution in [-0.4, -0.2) is 15.4 Å². The number of rotatable bonds is 6. The van der Waals surface area contributed by atoms with Gasteiger partial charge >= 0.3 is 0 Å². The molecule has 0 amide bonds. The molecule has 1 atom stereocenters. The Bertz CT molecular complexity index is 597. The number of nitrogens with zero attached hydrogens (tertiary/aromatic N) is 2. The van der Waals surface area contributed by atoms with Crippen molar-refractivity contribution in [1.82, 2.24) is 9.55 Å². The van der Waals surface area contributed by atoms with Crippen LogP contribution in [0.2, 0.25) is 0 Å². The van der Waals surface area contributed by atoms with Crippen molar-refractivity contribution in [2.75, 3.05) is 5.88 Å². The van der Waals surface area contributed by atoms with Crippen LogP contribution in [0, 0.1) is 5.82 Å². The zero-order valence-corrected chi connectivity index (χ0v) is 14.1. The molecule has 0 radical (unpaired) electrons. The summed E-state index contributed by atoms with van der Waals surface area (Å²) in [6.07, 6.45) is 3.94. The Morgan fingerprint density at radius 1 is 1.40 bits per heavy atom. The Morgan fingerprint density at radius 2 is 2.15 bits per heavy atom. The highest BCUT2D eigenvalue weighted by Gasteiger charge is 2.18. The highest BCUT2D eigenvalue weighted by atomic mass is 79.9. The van der Waals surface area contributed by atoms with Crippen LogP contribution in [0.5, 0.6) is 0 Å². The summed E-state index contributed by atoms with van der Waals surface area (Å²) in [7, 11) is 0. The van der Waals surface area contributed by atoms with Crippen LogP contribution in [-0.2, 0) is 6.42 Å². The second-order valence-electron chi connectivity index (χ2n) is 4.94. The lowest BCUT2D eigenvalue weighted by atomic mass is 10.1. The Balaban J connectivity index is 2.63. The van der Waals surface area contributed by atoms with Gasteiger partial charge < -0.3 is 4.57 Å². The average Bonchev–Trinajstić information content (AvgIpc) is 2.74. The zero-order valence-electron chi connectivity index (χ0n) is 11.8. The van der Waals surface area contributed by atoms with E-state index in [0.29, 0.717) is 28.3 Å². The summed E-state index contributed by atoms with van der Waals surface area (Å²) in [5.41, 5.74) is 1.69. The molecule has 0 spiro atoms. The Morgan fingerprint density at radius 3 is 2.75 bits per heavy atom. The fourth-order valence-corrected chi connectivity index (χ4v) is 3.16. The predicted molar refractivity (Wildman–Crippen MR) is 86.1 cm³/mol. The SMILES string of the molecule is CCCC(CC)n1c(CCCl)nc2cc(F)c(Br)cc21. The lowest BCUT2D eigenvalue weighted by Gasteiger charge is -2.20. The van der Waals surface area contributed by atoms with Gasteiger partial charge in [0.1, 0.15) is 11.6 Å². The summed E-state index contributed by atoms with van der Waals surface area (Å²) in [5.74, 6) is 1.20. The number of benzene rings is 1. The van der Waals surface area contributed by atoms with E-state index in [2.05, 4.69) is 39.3 Å². The number of fused-ring (bicyclic) bond motifs is 1. The number of hydrogen-bond acceptors (Lipinski definition) is 1. The van der Waals surface area contributed by atoms with Crippen LogP contribution in [0.15, 0.2) is 16.6 Å². The van der Waals surface area contributed by atoms with Crippen LogP contribution < -0.4 is 0 Å². The molecule has 0 saturated heterocycles. The summed E-state index contributed by atoms with van der Waals surface area (Å²) in [5, 5.41) is 0. The fraction of sp³-hybridized carbons (Fsp3) is 0.533. The number of halogens is 3. The molecular formula is C15H19BrClFN2. The monoisotopic (exact) mass is 360 g/mol. The minimum Gasteiger partial charge on any atom is -0.325 e. The maximum absolute atomic E-state index is 13.7. The van der Waals surface area contributed by atoms with Crippen molar-refractivity contribution in [3.63, 3.8) is 0 Å². The van der Waals surface area contributed by atoms with E-state index in [4.69, 9.17) is 11.6 Å². The van der Waals surface area contributed by atoms with Gasteiger partial charge in [-0.15, -0.1) is 11.6 Å². The van der Waals surface area contributed by atoms with Crippen LogP contribution in [0.1, 0.15) is 45.0 Å². The smallest absolute Gasteiger partial charge is 0.139 e. The summed E-state index contributed by atoms with van der Waals surface area (Å²) in [6.45, 7) is 4.35. The van der Waals surface area contributed by atoms with Crippen LogP contribution in [0.3, 0.4) is 0 Å².